The highest BCUT2D eigenvalue weighted by atomic mass is 35.5. The van der Waals surface area contributed by atoms with Gasteiger partial charge in [0, 0.05) is 23.4 Å². The molecule has 4 nitrogen and oxygen atoms in total. The first-order chi connectivity index (χ1) is 9.53. The highest BCUT2D eigenvalue weighted by Gasteiger charge is 2.30. The minimum atomic E-state index is -3.24. The van der Waals surface area contributed by atoms with Crippen LogP contribution in [0.3, 0.4) is 0 Å². The molecule has 0 bridgehead atoms. The van der Waals surface area contributed by atoms with Crippen molar-refractivity contribution in [3.8, 4) is 0 Å². The highest BCUT2D eigenvalue weighted by Crippen LogP contribution is 2.15. The number of halogens is 1. The lowest BCUT2D eigenvalue weighted by Gasteiger charge is -2.22. The van der Waals surface area contributed by atoms with Gasteiger partial charge >= 0.3 is 0 Å². The van der Waals surface area contributed by atoms with Gasteiger partial charge in [-0.1, -0.05) is 23.7 Å². The zero-order valence-electron chi connectivity index (χ0n) is 12.6. The minimum absolute atomic E-state index is 0.0609. The van der Waals surface area contributed by atoms with Crippen molar-refractivity contribution < 1.29 is 13.2 Å². The number of carbonyl (C=O) groups is 1. The van der Waals surface area contributed by atoms with Crippen molar-refractivity contribution in [1.29, 1.82) is 0 Å². The summed E-state index contributed by atoms with van der Waals surface area (Å²) in [6.45, 7) is 4.90. The molecule has 0 radical (unpaired) electrons. The van der Waals surface area contributed by atoms with Crippen LogP contribution in [0.1, 0.15) is 26.3 Å². The van der Waals surface area contributed by atoms with Crippen molar-refractivity contribution in [3.05, 3.63) is 40.4 Å². The molecule has 0 fully saturated rings. The van der Waals surface area contributed by atoms with Gasteiger partial charge in [0.2, 0.25) is 5.91 Å². The van der Waals surface area contributed by atoms with Crippen LogP contribution in [0, 0.1) is 0 Å². The Kier molecular flexibility index (Phi) is 5.59. The summed E-state index contributed by atoms with van der Waals surface area (Å²) < 4.78 is 22.2. The quantitative estimate of drug-likeness (QED) is 0.845. The summed E-state index contributed by atoms with van der Waals surface area (Å²) in [7, 11) is -3.24. The molecule has 1 aromatic carbocycles. The Morgan fingerprint density at radius 1 is 1.38 bits per heavy atom. The summed E-state index contributed by atoms with van der Waals surface area (Å²) in [5, 5.41) is 3.24. The first kappa shape index (κ1) is 17.7. The first-order valence-corrected chi connectivity index (χ1v) is 8.71. The molecule has 1 N–H and O–H groups in total. The lowest BCUT2D eigenvalue weighted by atomic mass is 10.1. The van der Waals surface area contributed by atoms with Crippen LogP contribution in [0.2, 0.25) is 5.02 Å². The summed E-state index contributed by atoms with van der Waals surface area (Å²) >= 11 is 5.88. The molecule has 0 saturated carbocycles. The molecule has 1 amide bonds. The molecule has 6 heteroatoms. The Bertz CT molecular complexity index is 663. The van der Waals surface area contributed by atoms with Crippen molar-refractivity contribution in [2.75, 3.05) is 12.8 Å². The minimum Gasteiger partial charge on any atom is -0.351 e. The SMILES string of the molecule is C/C(=C\c1cccc(Cl)c1)C(=O)NCC(C)(C)S(C)(=O)=O. The van der Waals surface area contributed by atoms with Gasteiger partial charge in [0.1, 0.15) is 0 Å². The molecule has 0 aromatic heterocycles. The number of benzene rings is 1. The average Bonchev–Trinajstić information content (AvgIpc) is 2.34. The molecule has 1 aromatic rings. The molecule has 0 aliphatic heterocycles. The molecule has 0 aliphatic carbocycles. The molecular weight excluding hydrogens is 310 g/mol. The predicted octanol–water partition coefficient (Wildman–Crippen LogP) is 2.68. The van der Waals surface area contributed by atoms with Crippen molar-refractivity contribution in [3.63, 3.8) is 0 Å². The second kappa shape index (κ2) is 6.62. The van der Waals surface area contributed by atoms with Gasteiger partial charge in [-0.15, -0.1) is 0 Å². The summed E-state index contributed by atoms with van der Waals surface area (Å²) in [4.78, 5) is 12.0. The summed E-state index contributed by atoms with van der Waals surface area (Å²) in [6, 6.07) is 7.14. The zero-order valence-corrected chi connectivity index (χ0v) is 14.2. The third-order valence-electron chi connectivity index (χ3n) is 3.27. The maximum atomic E-state index is 12.0. The van der Waals surface area contributed by atoms with E-state index in [1.165, 1.54) is 0 Å². The number of sulfone groups is 1. The monoisotopic (exact) mass is 329 g/mol. The van der Waals surface area contributed by atoms with Gasteiger partial charge in [0.25, 0.3) is 0 Å². The third-order valence-corrected chi connectivity index (χ3v) is 5.66. The van der Waals surface area contributed by atoms with Crippen LogP contribution >= 0.6 is 11.6 Å². The predicted molar refractivity (Wildman–Crippen MR) is 87.0 cm³/mol. The Hall–Kier alpha value is -1.33. The van der Waals surface area contributed by atoms with E-state index in [1.54, 1.807) is 45.0 Å². The molecule has 1 rings (SSSR count). The third kappa shape index (κ3) is 5.17. The van der Waals surface area contributed by atoms with Gasteiger partial charge in [-0.3, -0.25) is 4.79 Å². The molecule has 116 valence electrons. The number of hydrogen-bond acceptors (Lipinski definition) is 3. The van der Waals surface area contributed by atoms with Crippen LogP contribution in [0.4, 0.5) is 0 Å². The number of rotatable bonds is 5. The van der Waals surface area contributed by atoms with E-state index >= 15 is 0 Å². The zero-order chi connectivity index (χ0) is 16.3. The Balaban J connectivity index is 2.76. The Labute approximate surface area is 131 Å². The van der Waals surface area contributed by atoms with Gasteiger partial charge in [0.15, 0.2) is 9.84 Å². The van der Waals surface area contributed by atoms with Crippen molar-refractivity contribution in [2.45, 2.75) is 25.5 Å². The molecule has 21 heavy (non-hydrogen) atoms. The van der Waals surface area contributed by atoms with Gasteiger partial charge in [0.05, 0.1) is 4.75 Å². The van der Waals surface area contributed by atoms with E-state index in [0.29, 0.717) is 10.6 Å². The first-order valence-electron chi connectivity index (χ1n) is 6.44. The molecular formula is C15H20ClNO3S. The summed E-state index contributed by atoms with van der Waals surface area (Å²) in [5.41, 5.74) is 1.30. The highest BCUT2D eigenvalue weighted by molar-refractivity contribution is 7.92. The van der Waals surface area contributed by atoms with Gasteiger partial charge < -0.3 is 5.32 Å². The van der Waals surface area contributed by atoms with Crippen molar-refractivity contribution in [1.82, 2.24) is 5.32 Å². The second-order valence-electron chi connectivity index (χ2n) is 5.60. The van der Waals surface area contributed by atoms with E-state index in [2.05, 4.69) is 5.32 Å². The number of carbonyl (C=O) groups excluding carboxylic acids is 1. The summed E-state index contributed by atoms with van der Waals surface area (Å²) in [6.07, 6.45) is 2.86. The molecule has 0 spiro atoms. The Morgan fingerprint density at radius 2 is 2.00 bits per heavy atom. The topological polar surface area (TPSA) is 63.2 Å². The average molecular weight is 330 g/mol. The maximum Gasteiger partial charge on any atom is 0.246 e. The van der Waals surface area contributed by atoms with Crippen molar-refractivity contribution in [2.24, 2.45) is 0 Å². The molecule has 0 heterocycles. The normalized spacial score (nSPS) is 13.1. The van der Waals surface area contributed by atoms with E-state index in [4.69, 9.17) is 11.6 Å². The van der Waals surface area contributed by atoms with E-state index in [0.717, 1.165) is 11.8 Å². The van der Waals surface area contributed by atoms with Crippen LogP contribution in [0.15, 0.2) is 29.8 Å². The maximum absolute atomic E-state index is 12.0. The second-order valence-corrected chi connectivity index (χ2v) is 8.68. The largest absolute Gasteiger partial charge is 0.351 e. The summed E-state index contributed by atoms with van der Waals surface area (Å²) in [5.74, 6) is -0.299. The smallest absolute Gasteiger partial charge is 0.246 e. The lowest BCUT2D eigenvalue weighted by molar-refractivity contribution is -0.117. The van der Waals surface area contributed by atoms with E-state index in [1.807, 2.05) is 6.07 Å². The van der Waals surface area contributed by atoms with Crippen molar-refractivity contribution >= 4 is 33.4 Å². The van der Waals surface area contributed by atoms with Crippen LogP contribution in [-0.2, 0) is 14.6 Å². The molecule has 0 unspecified atom stereocenters. The number of amides is 1. The molecule has 0 aliphatic rings. The van der Waals surface area contributed by atoms with Crippen LogP contribution in [-0.4, -0.2) is 31.9 Å². The van der Waals surface area contributed by atoms with Crippen LogP contribution in [0.5, 0.6) is 0 Å². The van der Waals surface area contributed by atoms with Gasteiger partial charge in [-0.25, -0.2) is 8.42 Å². The van der Waals surface area contributed by atoms with Crippen LogP contribution < -0.4 is 5.32 Å². The number of hydrogen-bond donors (Lipinski definition) is 1. The van der Waals surface area contributed by atoms with E-state index in [9.17, 15) is 13.2 Å². The molecule has 0 saturated heterocycles. The van der Waals surface area contributed by atoms with Crippen LogP contribution in [0.25, 0.3) is 6.08 Å². The fourth-order valence-electron chi connectivity index (χ4n) is 1.48. The molecule has 0 atom stereocenters. The fourth-order valence-corrected chi connectivity index (χ4v) is 2.01. The van der Waals surface area contributed by atoms with Gasteiger partial charge in [-0.05, 0) is 44.5 Å². The van der Waals surface area contributed by atoms with E-state index in [-0.39, 0.29) is 12.5 Å². The Morgan fingerprint density at radius 3 is 2.52 bits per heavy atom. The number of nitrogens with one attached hydrogen (secondary N) is 1. The standard InChI is InChI=1S/C15H20ClNO3S/c1-11(8-12-6-5-7-13(16)9-12)14(18)17-10-15(2,3)21(4,19)20/h5-9H,10H2,1-4H3,(H,17,18)/b11-8+. The van der Waals surface area contributed by atoms with E-state index < -0.39 is 14.6 Å². The fraction of sp³-hybridized carbons (Fsp3) is 0.400. The van der Waals surface area contributed by atoms with Gasteiger partial charge in [-0.2, -0.15) is 0 Å². The lowest BCUT2D eigenvalue weighted by Crippen LogP contribution is -2.43.